The number of halogens is 1. The molecular formula is C18H20FN3O3. The van der Waals surface area contributed by atoms with Crippen molar-refractivity contribution >= 4 is 11.8 Å². The number of aromatic nitrogens is 2. The molecule has 1 fully saturated rings. The summed E-state index contributed by atoms with van der Waals surface area (Å²) in [6.45, 7) is 2.20. The van der Waals surface area contributed by atoms with Crippen molar-refractivity contribution in [2.75, 3.05) is 31.7 Å². The molecule has 0 unspecified atom stereocenters. The van der Waals surface area contributed by atoms with E-state index in [9.17, 15) is 9.18 Å². The summed E-state index contributed by atoms with van der Waals surface area (Å²) in [6.07, 6.45) is 3.43. The van der Waals surface area contributed by atoms with Crippen molar-refractivity contribution in [1.82, 2.24) is 9.97 Å². The van der Waals surface area contributed by atoms with E-state index >= 15 is 0 Å². The minimum atomic E-state index is -0.475. The van der Waals surface area contributed by atoms with Crippen molar-refractivity contribution in [1.29, 1.82) is 0 Å². The summed E-state index contributed by atoms with van der Waals surface area (Å²) < 4.78 is 23.4. The van der Waals surface area contributed by atoms with E-state index in [0.717, 1.165) is 25.9 Å². The summed E-state index contributed by atoms with van der Waals surface area (Å²) in [5.41, 5.74) is 0.247. The summed E-state index contributed by atoms with van der Waals surface area (Å²) in [4.78, 5) is 21.9. The van der Waals surface area contributed by atoms with Crippen LogP contribution in [-0.2, 0) is 4.74 Å². The van der Waals surface area contributed by atoms with Crippen molar-refractivity contribution in [3.8, 4) is 5.75 Å². The molecule has 1 atom stereocenters. The molecule has 1 saturated heterocycles. The van der Waals surface area contributed by atoms with Crippen LogP contribution in [0, 0.1) is 11.7 Å². The average molecular weight is 345 g/mol. The minimum Gasteiger partial charge on any atom is -0.493 e. The van der Waals surface area contributed by atoms with E-state index in [-0.39, 0.29) is 11.5 Å². The van der Waals surface area contributed by atoms with Crippen LogP contribution in [0.3, 0.4) is 0 Å². The zero-order valence-corrected chi connectivity index (χ0v) is 14.0. The number of methoxy groups -OCH3 is 1. The molecule has 0 amide bonds. The second-order valence-electron chi connectivity index (χ2n) is 5.97. The zero-order chi connectivity index (χ0) is 17.6. The first-order chi connectivity index (χ1) is 12.2. The Morgan fingerprint density at radius 1 is 1.32 bits per heavy atom. The highest BCUT2D eigenvalue weighted by molar-refractivity contribution is 5.87. The van der Waals surface area contributed by atoms with Crippen LogP contribution in [-0.4, -0.2) is 42.7 Å². The average Bonchev–Trinajstić information content (AvgIpc) is 2.67. The van der Waals surface area contributed by atoms with Crippen molar-refractivity contribution in [3.63, 3.8) is 0 Å². The van der Waals surface area contributed by atoms with E-state index in [1.165, 1.54) is 25.6 Å². The molecule has 0 spiro atoms. The normalized spacial score (nSPS) is 17.2. The molecule has 0 bridgehead atoms. The van der Waals surface area contributed by atoms with Gasteiger partial charge < -0.3 is 14.4 Å². The number of hydrogen-bond acceptors (Lipinski definition) is 6. The Kier molecular flexibility index (Phi) is 5.42. The van der Waals surface area contributed by atoms with Crippen molar-refractivity contribution in [2.24, 2.45) is 5.92 Å². The predicted octanol–water partition coefficient (Wildman–Crippen LogP) is 2.70. The number of ether oxygens (including phenoxy) is 2. The zero-order valence-electron chi connectivity index (χ0n) is 14.0. The second-order valence-corrected chi connectivity index (χ2v) is 5.97. The fraction of sp³-hybridized carbons (Fsp3) is 0.389. The van der Waals surface area contributed by atoms with E-state index in [2.05, 4.69) is 14.9 Å². The third-order valence-corrected chi connectivity index (χ3v) is 4.19. The fourth-order valence-corrected chi connectivity index (χ4v) is 2.89. The van der Waals surface area contributed by atoms with Crippen LogP contribution in [0.4, 0.5) is 10.2 Å². The maximum atomic E-state index is 12.9. The van der Waals surface area contributed by atoms with Crippen molar-refractivity contribution < 1.29 is 18.7 Å². The standard InChI is InChI=1S/C18H20FN3O3/c1-24-18(23)16-9-17(21-12-20-16)22-8-2-3-13(10-22)11-25-15-6-4-14(19)5-7-15/h4-7,9,12-13H,2-3,8,10-11H2,1H3/t13-/m1/s1. The summed E-state index contributed by atoms with van der Waals surface area (Å²) in [5.74, 6) is 0.948. The molecule has 25 heavy (non-hydrogen) atoms. The molecule has 132 valence electrons. The number of hydrogen-bond donors (Lipinski definition) is 0. The SMILES string of the molecule is COC(=O)c1cc(N2CCC[C@@H](COc3ccc(F)cc3)C2)ncn1. The molecule has 3 rings (SSSR count). The van der Waals surface area contributed by atoms with Gasteiger partial charge in [-0.3, -0.25) is 0 Å². The molecule has 0 N–H and O–H groups in total. The van der Waals surface area contributed by atoms with Crippen molar-refractivity contribution in [3.05, 3.63) is 48.2 Å². The topological polar surface area (TPSA) is 64.5 Å². The molecule has 6 nitrogen and oxygen atoms in total. The van der Waals surface area contributed by atoms with E-state index < -0.39 is 5.97 Å². The number of piperidine rings is 1. The Labute approximate surface area is 145 Å². The van der Waals surface area contributed by atoms with Crippen LogP contribution in [0.25, 0.3) is 0 Å². The smallest absolute Gasteiger partial charge is 0.356 e. The van der Waals surface area contributed by atoms with Crippen LogP contribution < -0.4 is 9.64 Å². The quantitative estimate of drug-likeness (QED) is 0.777. The first-order valence-electron chi connectivity index (χ1n) is 8.19. The van der Waals surface area contributed by atoms with E-state index in [4.69, 9.17) is 9.47 Å². The lowest BCUT2D eigenvalue weighted by molar-refractivity contribution is 0.0594. The number of benzene rings is 1. The minimum absolute atomic E-state index is 0.247. The molecule has 2 heterocycles. The molecular weight excluding hydrogens is 325 g/mol. The number of anilines is 1. The molecule has 1 aliphatic rings. The van der Waals surface area contributed by atoms with E-state index in [0.29, 0.717) is 24.1 Å². The van der Waals surface area contributed by atoms with Crippen LogP contribution in [0.2, 0.25) is 0 Å². The van der Waals surface area contributed by atoms with Gasteiger partial charge in [-0.25, -0.2) is 19.2 Å². The van der Waals surface area contributed by atoms with Crippen LogP contribution in [0.5, 0.6) is 5.75 Å². The summed E-state index contributed by atoms with van der Waals surface area (Å²) in [5, 5.41) is 0. The van der Waals surface area contributed by atoms with E-state index in [1.807, 2.05) is 0 Å². The molecule has 1 aliphatic heterocycles. The van der Waals surface area contributed by atoms with Gasteiger partial charge in [-0.2, -0.15) is 0 Å². The fourth-order valence-electron chi connectivity index (χ4n) is 2.89. The lowest BCUT2D eigenvalue weighted by Gasteiger charge is -2.33. The van der Waals surface area contributed by atoms with Crippen molar-refractivity contribution in [2.45, 2.75) is 12.8 Å². The van der Waals surface area contributed by atoms with Gasteiger partial charge >= 0.3 is 5.97 Å². The lowest BCUT2D eigenvalue weighted by Crippen LogP contribution is -2.38. The van der Waals surface area contributed by atoms with Gasteiger partial charge in [0.2, 0.25) is 0 Å². The molecule has 1 aromatic carbocycles. The largest absolute Gasteiger partial charge is 0.493 e. The van der Waals surface area contributed by atoms with Gasteiger partial charge in [-0.05, 0) is 37.1 Å². The van der Waals surface area contributed by atoms with Gasteiger partial charge in [0.15, 0.2) is 5.69 Å². The first-order valence-corrected chi connectivity index (χ1v) is 8.19. The highest BCUT2D eigenvalue weighted by Crippen LogP contribution is 2.23. The molecule has 0 radical (unpaired) electrons. The lowest BCUT2D eigenvalue weighted by atomic mass is 9.99. The number of esters is 1. The van der Waals surface area contributed by atoms with Crippen LogP contribution in [0.15, 0.2) is 36.7 Å². The summed E-state index contributed by atoms with van der Waals surface area (Å²) in [7, 11) is 1.33. The first kappa shape index (κ1) is 17.1. The molecule has 0 aliphatic carbocycles. The Hall–Kier alpha value is -2.70. The third-order valence-electron chi connectivity index (χ3n) is 4.19. The Balaban J connectivity index is 1.61. The predicted molar refractivity (Wildman–Crippen MR) is 90.2 cm³/mol. The van der Waals surface area contributed by atoms with Gasteiger partial charge in [-0.15, -0.1) is 0 Å². The van der Waals surface area contributed by atoms with Gasteiger partial charge in [0.25, 0.3) is 0 Å². The molecule has 0 saturated carbocycles. The Morgan fingerprint density at radius 2 is 2.12 bits per heavy atom. The van der Waals surface area contributed by atoms with Gasteiger partial charge in [0.05, 0.1) is 13.7 Å². The monoisotopic (exact) mass is 345 g/mol. The number of rotatable bonds is 5. The Morgan fingerprint density at radius 3 is 2.88 bits per heavy atom. The summed E-state index contributed by atoms with van der Waals surface area (Å²) in [6, 6.07) is 7.68. The highest BCUT2D eigenvalue weighted by Gasteiger charge is 2.22. The Bertz CT molecular complexity index is 724. The third kappa shape index (κ3) is 4.43. The van der Waals surface area contributed by atoms with Crippen LogP contribution in [0.1, 0.15) is 23.3 Å². The number of nitrogens with zero attached hydrogens (tertiary/aromatic N) is 3. The molecule has 1 aromatic heterocycles. The molecule has 7 heteroatoms. The number of carbonyl (C=O) groups is 1. The van der Waals surface area contributed by atoms with Crippen LogP contribution >= 0.6 is 0 Å². The van der Waals surface area contributed by atoms with Gasteiger partial charge in [-0.1, -0.05) is 0 Å². The highest BCUT2D eigenvalue weighted by atomic mass is 19.1. The van der Waals surface area contributed by atoms with Gasteiger partial charge in [0.1, 0.15) is 23.7 Å². The second kappa shape index (κ2) is 7.92. The van der Waals surface area contributed by atoms with Gasteiger partial charge in [0, 0.05) is 25.1 Å². The number of carbonyl (C=O) groups excluding carboxylic acids is 1. The maximum Gasteiger partial charge on any atom is 0.356 e. The maximum absolute atomic E-state index is 12.9. The van der Waals surface area contributed by atoms with E-state index in [1.54, 1.807) is 18.2 Å². The molecule has 2 aromatic rings. The summed E-state index contributed by atoms with van der Waals surface area (Å²) >= 11 is 0.